The van der Waals surface area contributed by atoms with Crippen LogP contribution in [-0.2, 0) is 7.05 Å². The van der Waals surface area contributed by atoms with Gasteiger partial charge in [-0.05, 0) is 18.2 Å². The molecule has 2 aromatic rings. The van der Waals surface area contributed by atoms with Crippen LogP contribution in [0.25, 0.3) is 11.3 Å². The first kappa shape index (κ1) is 12.5. The van der Waals surface area contributed by atoms with Gasteiger partial charge in [0.25, 0.3) is 0 Å². The van der Waals surface area contributed by atoms with Gasteiger partial charge in [-0.2, -0.15) is 5.10 Å². The van der Waals surface area contributed by atoms with Gasteiger partial charge in [0.15, 0.2) is 17.3 Å². The maximum absolute atomic E-state index is 13.2. The van der Waals surface area contributed by atoms with Crippen molar-refractivity contribution in [2.75, 3.05) is 0 Å². The zero-order valence-electron chi connectivity index (χ0n) is 9.12. The average molecular weight is 273 g/mol. The zero-order valence-corrected chi connectivity index (χ0v) is 9.87. The van der Waals surface area contributed by atoms with Crippen molar-refractivity contribution in [3.8, 4) is 11.3 Å². The van der Waals surface area contributed by atoms with Gasteiger partial charge in [-0.15, -0.1) is 0 Å². The molecule has 0 aliphatic heterocycles. The first-order valence-electron chi connectivity index (χ1n) is 4.82. The molecule has 1 heterocycles. The zero-order chi connectivity index (χ0) is 13.4. The molecule has 1 N–H and O–H groups in total. The lowest BCUT2D eigenvalue weighted by atomic mass is 10.1. The van der Waals surface area contributed by atoms with E-state index < -0.39 is 17.6 Å². The second-order valence-electron chi connectivity index (χ2n) is 3.59. The Morgan fingerprint density at radius 2 is 1.94 bits per heavy atom. The summed E-state index contributed by atoms with van der Waals surface area (Å²) in [4.78, 5) is 10.8. The van der Waals surface area contributed by atoms with Crippen molar-refractivity contribution in [1.82, 2.24) is 9.78 Å². The van der Waals surface area contributed by atoms with Crippen molar-refractivity contribution in [3.63, 3.8) is 0 Å². The van der Waals surface area contributed by atoms with Crippen LogP contribution in [0.2, 0.25) is 5.02 Å². The summed E-state index contributed by atoms with van der Waals surface area (Å²) < 4.78 is 27.3. The molecule has 1 aromatic heterocycles. The quantitative estimate of drug-likeness (QED) is 0.855. The molecular weight excluding hydrogens is 266 g/mol. The van der Waals surface area contributed by atoms with Gasteiger partial charge in [-0.3, -0.25) is 4.68 Å². The predicted octanol–water partition coefficient (Wildman–Crippen LogP) is 2.72. The Hall–Kier alpha value is -1.95. The number of aromatic carboxylic acids is 1. The number of hydrogen-bond donors (Lipinski definition) is 1. The van der Waals surface area contributed by atoms with E-state index in [0.29, 0.717) is 0 Å². The van der Waals surface area contributed by atoms with Crippen LogP contribution in [0, 0.1) is 11.6 Å². The molecule has 0 radical (unpaired) electrons. The Bertz CT molecular complexity index is 640. The summed E-state index contributed by atoms with van der Waals surface area (Å²) in [7, 11) is 1.49. The van der Waals surface area contributed by atoms with Crippen LogP contribution in [0.4, 0.5) is 8.78 Å². The fourth-order valence-corrected chi connectivity index (χ4v) is 1.79. The topological polar surface area (TPSA) is 55.1 Å². The SMILES string of the molecule is Cn1nc(C(=O)O)cc1-c1cc(F)c(F)cc1Cl. The van der Waals surface area contributed by atoms with Crippen LogP contribution < -0.4 is 0 Å². The molecule has 0 bridgehead atoms. The summed E-state index contributed by atoms with van der Waals surface area (Å²) in [6.07, 6.45) is 0. The molecule has 4 nitrogen and oxygen atoms in total. The average Bonchev–Trinajstić information content (AvgIpc) is 2.66. The van der Waals surface area contributed by atoms with Crippen molar-refractivity contribution < 1.29 is 18.7 Å². The largest absolute Gasteiger partial charge is 0.476 e. The smallest absolute Gasteiger partial charge is 0.356 e. The number of benzene rings is 1. The lowest BCUT2D eigenvalue weighted by Gasteiger charge is -2.05. The highest BCUT2D eigenvalue weighted by atomic mass is 35.5. The van der Waals surface area contributed by atoms with Gasteiger partial charge in [0.1, 0.15) is 0 Å². The molecule has 94 valence electrons. The number of hydrogen-bond acceptors (Lipinski definition) is 2. The summed E-state index contributed by atoms with van der Waals surface area (Å²) in [6.45, 7) is 0. The molecular formula is C11H7ClF2N2O2. The number of aryl methyl sites for hydroxylation is 1. The van der Waals surface area contributed by atoms with Gasteiger partial charge in [0, 0.05) is 12.6 Å². The Morgan fingerprint density at radius 3 is 2.50 bits per heavy atom. The molecule has 0 atom stereocenters. The number of nitrogens with zero attached hydrogens (tertiary/aromatic N) is 2. The predicted molar refractivity (Wildman–Crippen MR) is 60.5 cm³/mol. The Kier molecular flexibility index (Phi) is 3.04. The molecule has 0 unspecified atom stereocenters. The monoisotopic (exact) mass is 272 g/mol. The van der Waals surface area contributed by atoms with Gasteiger partial charge in [-0.1, -0.05) is 11.6 Å². The highest BCUT2D eigenvalue weighted by Crippen LogP contribution is 2.30. The lowest BCUT2D eigenvalue weighted by molar-refractivity contribution is 0.0689. The Morgan fingerprint density at radius 1 is 1.33 bits per heavy atom. The number of rotatable bonds is 2. The van der Waals surface area contributed by atoms with Crippen LogP contribution >= 0.6 is 11.6 Å². The Labute approximate surface area is 105 Å². The molecule has 0 fully saturated rings. The van der Waals surface area contributed by atoms with Crippen LogP contribution in [0.5, 0.6) is 0 Å². The van der Waals surface area contributed by atoms with E-state index in [2.05, 4.69) is 5.10 Å². The number of halogens is 3. The van der Waals surface area contributed by atoms with E-state index in [1.807, 2.05) is 0 Å². The van der Waals surface area contributed by atoms with E-state index in [1.54, 1.807) is 0 Å². The Balaban J connectivity index is 2.62. The minimum absolute atomic E-state index is 0.0196. The second kappa shape index (κ2) is 4.38. The van der Waals surface area contributed by atoms with Crippen LogP contribution in [0.1, 0.15) is 10.5 Å². The molecule has 0 amide bonds. The summed E-state index contributed by atoms with van der Waals surface area (Å²) in [5, 5.41) is 12.5. The summed E-state index contributed by atoms with van der Waals surface area (Å²) in [6, 6.07) is 2.97. The van der Waals surface area contributed by atoms with Crippen LogP contribution in [-0.4, -0.2) is 20.9 Å². The third-order valence-electron chi connectivity index (χ3n) is 2.38. The van der Waals surface area contributed by atoms with Gasteiger partial charge < -0.3 is 5.11 Å². The third-order valence-corrected chi connectivity index (χ3v) is 2.70. The minimum atomic E-state index is -1.21. The van der Waals surface area contributed by atoms with E-state index >= 15 is 0 Å². The van der Waals surface area contributed by atoms with Gasteiger partial charge in [0.05, 0.1) is 10.7 Å². The molecule has 0 saturated heterocycles. The molecule has 1 aromatic carbocycles. The fourth-order valence-electron chi connectivity index (χ4n) is 1.54. The molecule has 0 saturated carbocycles. The van der Waals surface area contributed by atoms with Crippen molar-refractivity contribution in [2.45, 2.75) is 0 Å². The molecule has 7 heteroatoms. The number of carbonyl (C=O) groups is 1. The number of carboxylic acids is 1. The van der Waals surface area contributed by atoms with E-state index in [0.717, 1.165) is 12.1 Å². The summed E-state index contributed by atoms with van der Waals surface area (Å²) in [5.41, 5.74) is 0.266. The molecule has 0 aliphatic carbocycles. The fraction of sp³-hybridized carbons (Fsp3) is 0.0909. The normalized spacial score (nSPS) is 10.7. The number of aromatic nitrogens is 2. The summed E-state index contributed by atoms with van der Waals surface area (Å²) in [5.74, 6) is -3.34. The maximum Gasteiger partial charge on any atom is 0.356 e. The lowest BCUT2D eigenvalue weighted by Crippen LogP contribution is -1.99. The number of carboxylic acid groups (broad SMARTS) is 1. The highest BCUT2D eigenvalue weighted by Gasteiger charge is 2.17. The van der Waals surface area contributed by atoms with Gasteiger partial charge >= 0.3 is 5.97 Å². The second-order valence-corrected chi connectivity index (χ2v) is 4.00. The van der Waals surface area contributed by atoms with E-state index in [9.17, 15) is 13.6 Å². The maximum atomic E-state index is 13.2. The van der Waals surface area contributed by atoms with E-state index in [1.165, 1.54) is 17.8 Å². The van der Waals surface area contributed by atoms with E-state index in [-0.39, 0.29) is 22.0 Å². The molecule has 0 aliphatic rings. The van der Waals surface area contributed by atoms with Crippen LogP contribution in [0.15, 0.2) is 18.2 Å². The van der Waals surface area contributed by atoms with Gasteiger partial charge in [0.2, 0.25) is 0 Å². The van der Waals surface area contributed by atoms with Crippen molar-refractivity contribution in [1.29, 1.82) is 0 Å². The van der Waals surface area contributed by atoms with Crippen molar-refractivity contribution in [2.24, 2.45) is 7.05 Å². The minimum Gasteiger partial charge on any atom is -0.476 e. The molecule has 0 spiro atoms. The van der Waals surface area contributed by atoms with Gasteiger partial charge in [-0.25, -0.2) is 13.6 Å². The summed E-state index contributed by atoms with van der Waals surface area (Å²) >= 11 is 5.80. The van der Waals surface area contributed by atoms with Crippen molar-refractivity contribution >= 4 is 17.6 Å². The molecule has 18 heavy (non-hydrogen) atoms. The first-order chi connectivity index (χ1) is 8.40. The highest BCUT2D eigenvalue weighted by molar-refractivity contribution is 6.33. The van der Waals surface area contributed by atoms with Crippen molar-refractivity contribution in [3.05, 3.63) is 40.6 Å². The van der Waals surface area contributed by atoms with Crippen LogP contribution in [0.3, 0.4) is 0 Å². The molecule has 2 rings (SSSR count). The first-order valence-corrected chi connectivity index (χ1v) is 5.20. The van der Waals surface area contributed by atoms with E-state index in [4.69, 9.17) is 16.7 Å². The standard InChI is InChI=1S/C11H7ClF2N2O2/c1-16-10(4-9(15-16)11(17)18)5-2-7(13)8(14)3-6(5)12/h2-4H,1H3,(H,17,18). The third kappa shape index (κ3) is 2.06.